The van der Waals surface area contributed by atoms with Crippen molar-refractivity contribution in [3.8, 4) is 22.7 Å². The van der Waals surface area contributed by atoms with Gasteiger partial charge in [-0.3, -0.25) is 0 Å². The number of H-pyrrole nitrogens is 1. The van der Waals surface area contributed by atoms with Crippen molar-refractivity contribution in [3.05, 3.63) is 304 Å². The van der Waals surface area contributed by atoms with Gasteiger partial charge in [-0.25, -0.2) is 23.7 Å². The number of hydrogen-bond acceptors (Lipinski definition) is 25. The second-order valence-electron chi connectivity index (χ2n) is 25.6. The number of nitrogens with zero attached hydrogens (tertiary/aromatic N) is 22. The highest BCUT2D eigenvalue weighted by Gasteiger charge is 2.18. The number of piperazine rings is 2. The van der Waals surface area contributed by atoms with E-state index in [0.717, 1.165) is 91.5 Å². The molecule has 33 nitrogen and oxygen atoms in total. The molecule has 38 heteroatoms. The van der Waals surface area contributed by atoms with Gasteiger partial charge < -0.3 is 76.4 Å². The highest BCUT2D eigenvalue weighted by Crippen LogP contribution is 2.25. The van der Waals surface area contributed by atoms with Crippen LogP contribution < -0.4 is 26.7 Å². The van der Waals surface area contributed by atoms with Crippen LogP contribution in [0, 0.1) is 56.9 Å². The normalized spacial score (nSPS) is 12.9. The van der Waals surface area contributed by atoms with E-state index < -0.39 is 33.8 Å². The Bertz CT molecular complexity index is 4650. The maximum Gasteiger partial charge on any atom is 0.491 e. The molecule has 7 N–H and O–H groups in total. The summed E-state index contributed by atoms with van der Waals surface area (Å²) < 4.78 is 21.5. The molecule has 0 radical (unpaired) electrons. The number of nitrogens with one attached hydrogen (secondary N) is 1. The molecule has 5 aromatic heterocycles. The van der Waals surface area contributed by atoms with Gasteiger partial charge in [-0.1, -0.05) is 177 Å². The zero-order chi connectivity index (χ0) is 83.0. The van der Waals surface area contributed by atoms with Crippen molar-refractivity contribution in [1.82, 2.24) is 88.9 Å². The molecule has 0 aliphatic carbocycles. The number of aromatic amines is 1. The number of para-hydroxylation sites is 4. The van der Waals surface area contributed by atoms with E-state index in [1.54, 1.807) is 70.5 Å². The third-order valence-electron chi connectivity index (χ3n) is 16.4. The van der Waals surface area contributed by atoms with E-state index in [1.807, 2.05) is 116 Å². The molecule has 0 amide bonds. The summed E-state index contributed by atoms with van der Waals surface area (Å²) in [5.74, 6) is -0.729. The standard InChI is InChI=1S/2C12H17BrN2.2C8H6N4O2.2C8H8N4.C7H6BrF.C6H7BO2.C6H13N.C2H2N4O2/c2*1-10-7-11(13)9-12(8-10)15-5-3-14(2)4-6-15;2*13-12(14)8-9-6-11(10-8)7-4-2-1-3-5-7;2*9-8-10-6-12(11-8)7-4-2-1-3-5-7;1-5-2-6(8)4-7(9)3-5;8-7(9)6-4-2-1-3-5-6;1-7-5-3-2-4-6-7;7-6(8)2-3-1-4-5-2/h2*7-9H,3-6H2,1-2H3;2*1-6H;2*1-6H,(H2,9,11);2-4H,1H3;1-5,8-9H;2-6H2,1H3;1H,(H,3,4,5). The average Bonchev–Trinajstić information content (AvgIpc) is 1.85. The van der Waals surface area contributed by atoms with Gasteiger partial charge in [-0.15, -0.1) is 24.7 Å². The van der Waals surface area contributed by atoms with Crippen molar-refractivity contribution in [3.63, 3.8) is 0 Å². The lowest BCUT2D eigenvalue weighted by Crippen LogP contribution is -2.44. The Morgan fingerprint density at radius 2 is 0.739 bits per heavy atom. The van der Waals surface area contributed by atoms with Crippen molar-refractivity contribution in [2.75, 3.05) is 108 Å². The molecule has 0 unspecified atom stereocenters. The highest BCUT2D eigenvalue weighted by atomic mass is 79.9. The van der Waals surface area contributed by atoms with Crippen LogP contribution in [0.4, 0.5) is 45.5 Å². The molecule has 3 aliphatic heterocycles. The molecule has 0 saturated carbocycles. The fourth-order valence-electron chi connectivity index (χ4n) is 10.6. The smallest absolute Gasteiger partial charge is 0.423 e. The fraction of sp³-hybridized carbons (Fsp3) is 0.247. The first-order chi connectivity index (χ1) is 55.2. The summed E-state index contributed by atoms with van der Waals surface area (Å²) >= 11 is 10.3. The molecule has 0 spiro atoms. The van der Waals surface area contributed by atoms with Gasteiger partial charge >= 0.3 is 25.0 Å². The molecular formula is C77H90BBr3FN25O8. The molecule has 3 fully saturated rings. The molecule has 0 bridgehead atoms. The van der Waals surface area contributed by atoms with Gasteiger partial charge in [0.1, 0.15) is 18.5 Å². The van der Waals surface area contributed by atoms with Gasteiger partial charge in [-0.05, 0) is 208 Å². The maximum absolute atomic E-state index is 12.4. The van der Waals surface area contributed by atoms with E-state index in [4.69, 9.17) is 21.5 Å². The van der Waals surface area contributed by atoms with Crippen molar-refractivity contribution >= 4 is 101 Å². The maximum atomic E-state index is 12.4. The summed E-state index contributed by atoms with van der Waals surface area (Å²) in [7, 11) is 5.22. The Morgan fingerprint density at radius 1 is 0.409 bits per heavy atom. The van der Waals surface area contributed by atoms with E-state index in [-0.39, 0.29) is 11.8 Å². The van der Waals surface area contributed by atoms with Gasteiger partial charge in [0.25, 0.3) is 0 Å². The molecule has 8 heterocycles. The van der Waals surface area contributed by atoms with Crippen LogP contribution in [0.15, 0.2) is 251 Å². The first-order valence-corrected chi connectivity index (χ1v) is 38.2. The Hall–Kier alpha value is -11.9. The van der Waals surface area contributed by atoms with Gasteiger partial charge in [0.15, 0.2) is 0 Å². The Morgan fingerprint density at radius 3 is 0.991 bits per heavy atom. The van der Waals surface area contributed by atoms with E-state index in [1.165, 1.54) is 98.0 Å². The van der Waals surface area contributed by atoms with Crippen molar-refractivity contribution < 1.29 is 29.2 Å². The molecule has 115 heavy (non-hydrogen) atoms. The number of aryl methyl sites for hydroxylation is 3. The van der Waals surface area contributed by atoms with Crippen LogP contribution in [-0.2, 0) is 0 Å². The fourth-order valence-corrected chi connectivity index (χ4v) is 12.4. The number of nitro groups is 3. The van der Waals surface area contributed by atoms with Gasteiger partial charge in [0.05, 0.1) is 22.7 Å². The van der Waals surface area contributed by atoms with E-state index in [2.05, 4.69) is 199 Å². The number of benzene rings is 8. The Balaban J connectivity index is 0.000000178. The Kier molecular flexibility index (Phi) is 37.9. The van der Waals surface area contributed by atoms with E-state index in [0.29, 0.717) is 17.4 Å². The molecule has 3 saturated heterocycles. The quantitative estimate of drug-likeness (QED) is 0.0482. The van der Waals surface area contributed by atoms with Crippen molar-refractivity contribution in [2.24, 2.45) is 0 Å². The largest absolute Gasteiger partial charge is 0.491 e. The summed E-state index contributed by atoms with van der Waals surface area (Å²) in [5.41, 5.74) is 20.9. The minimum absolute atomic E-state index is 0.193. The van der Waals surface area contributed by atoms with Crippen LogP contribution in [0.1, 0.15) is 36.0 Å². The Labute approximate surface area is 690 Å². The van der Waals surface area contributed by atoms with Crippen LogP contribution in [0.3, 0.4) is 0 Å². The zero-order valence-corrected chi connectivity index (χ0v) is 68.9. The second-order valence-corrected chi connectivity index (χ2v) is 28.4. The summed E-state index contributed by atoms with van der Waals surface area (Å²) in [6, 6.07) is 64.3. The van der Waals surface area contributed by atoms with Gasteiger partial charge in [0, 0.05) is 87.3 Å². The van der Waals surface area contributed by atoms with E-state index >= 15 is 0 Å². The number of anilines is 4. The monoisotopic (exact) mass is 1760 g/mol. The lowest BCUT2D eigenvalue weighted by molar-refractivity contribution is -0.394. The number of nitrogen functional groups attached to an aromatic ring is 2. The number of likely N-dealkylation sites (tertiary alicyclic amines) is 1. The van der Waals surface area contributed by atoms with Gasteiger partial charge in [0.2, 0.25) is 30.9 Å². The van der Waals surface area contributed by atoms with Crippen LogP contribution in [0.5, 0.6) is 0 Å². The SMILES string of the molecule is CN1CCCCC1.Cc1cc(Br)cc(N2CCN(C)CC2)c1.Cc1cc(Br)cc(N2CCN(C)CC2)c1.Cc1cc(F)cc(Br)c1.Nc1ncn(-c2ccccc2)n1.Nc1ncn(-c2ccccc2)n1.O=[N+]([O-])c1ncn(-c2ccccc2)n1.O=[N+]([O-])c1ncn(-c2ccccc2)n1.O=[N+]([O-])c1ncn[nH]1.OB(O)c1ccccc1. The minimum atomic E-state index is -1.34. The molecule has 16 rings (SSSR count). The lowest BCUT2D eigenvalue weighted by Gasteiger charge is -2.34. The zero-order valence-electron chi connectivity index (χ0n) is 64.1. The molecule has 8 aromatic carbocycles. The summed E-state index contributed by atoms with van der Waals surface area (Å²) in [4.78, 5) is 58.5. The molecular weight excluding hydrogens is 1670 g/mol. The number of rotatable bonds is 10. The number of hydrogen-bond donors (Lipinski definition) is 5. The number of aromatic nitrogens is 15. The first-order valence-electron chi connectivity index (χ1n) is 35.9. The first kappa shape index (κ1) is 90.3. The second kappa shape index (κ2) is 48.2. The minimum Gasteiger partial charge on any atom is -0.423 e. The topological polar surface area (TPSA) is 403 Å². The van der Waals surface area contributed by atoms with Crippen LogP contribution in [-0.4, -0.2) is 207 Å². The number of nitrogens with two attached hydrogens (primary N) is 2. The molecule has 602 valence electrons. The van der Waals surface area contributed by atoms with Crippen LogP contribution in [0.2, 0.25) is 0 Å². The molecule has 13 aromatic rings. The lowest BCUT2D eigenvalue weighted by atomic mass is 9.81. The summed E-state index contributed by atoms with van der Waals surface area (Å²) in [6.45, 7) is 17.9. The number of likely N-dealkylation sites (N-methyl/N-ethyl adjacent to an activating group) is 2. The van der Waals surface area contributed by atoms with E-state index in [9.17, 15) is 34.7 Å². The van der Waals surface area contributed by atoms with Crippen molar-refractivity contribution in [2.45, 2.75) is 40.0 Å². The highest BCUT2D eigenvalue weighted by molar-refractivity contribution is 9.11. The predicted molar refractivity (Wildman–Crippen MR) is 454 cm³/mol. The average molecular weight is 1760 g/mol. The third kappa shape index (κ3) is 33.4. The molecule has 0 atom stereocenters. The summed E-state index contributed by atoms with van der Waals surface area (Å²) in [6.07, 6.45) is 11.2. The van der Waals surface area contributed by atoms with Crippen LogP contribution >= 0.6 is 47.8 Å². The third-order valence-corrected chi connectivity index (χ3v) is 17.8. The summed E-state index contributed by atoms with van der Waals surface area (Å²) in [5, 5.41) is 68.2. The number of halogens is 4. The van der Waals surface area contributed by atoms with Crippen LogP contribution in [0.25, 0.3) is 22.7 Å². The molecule has 3 aliphatic rings. The number of piperidine rings is 1. The van der Waals surface area contributed by atoms with Crippen molar-refractivity contribution in [1.29, 1.82) is 0 Å². The van der Waals surface area contributed by atoms with Gasteiger partial charge in [-0.2, -0.15) is 0 Å². The predicted octanol–water partition coefficient (Wildman–Crippen LogP) is 12.1.